The molecule has 23 heavy (non-hydrogen) atoms. The Balaban J connectivity index is 1.69. The van der Waals surface area contributed by atoms with Crippen LogP contribution in [0.2, 0.25) is 0 Å². The lowest BCUT2D eigenvalue weighted by Crippen LogP contribution is -2.29. The first-order valence-electron chi connectivity index (χ1n) is 7.52. The lowest BCUT2D eigenvalue weighted by Gasteiger charge is -2.13. The number of carbonyl (C=O) groups excluding carboxylic acids is 1. The molecule has 0 spiro atoms. The van der Waals surface area contributed by atoms with E-state index in [1.165, 1.54) is 0 Å². The fourth-order valence-electron chi connectivity index (χ4n) is 2.78. The molecule has 1 aromatic carbocycles. The third-order valence-electron chi connectivity index (χ3n) is 3.96. The van der Waals surface area contributed by atoms with Gasteiger partial charge in [0, 0.05) is 5.69 Å². The molecule has 0 saturated heterocycles. The summed E-state index contributed by atoms with van der Waals surface area (Å²) in [4.78, 5) is 24.3. The molecule has 6 heteroatoms. The maximum absolute atomic E-state index is 12.4. The third-order valence-corrected chi connectivity index (χ3v) is 3.96. The first kappa shape index (κ1) is 15.3. The van der Waals surface area contributed by atoms with Crippen LogP contribution in [-0.4, -0.2) is 22.4 Å². The van der Waals surface area contributed by atoms with Gasteiger partial charge in [-0.1, -0.05) is 30.3 Å². The monoisotopic (exact) mass is 314 g/mol. The summed E-state index contributed by atoms with van der Waals surface area (Å²) in [5.41, 5.74) is 1.59. The van der Waals surface area contributed by atoms with E-state index >= 15 is 0 Å². The van der Waals surface area contributed by atoms with Crippen molar-refractivity contribution in [3.8, 4) is 0 Å². The van der Waals surface area contributed by atoms with E-state index in [1.54, 1.807) is 16.7 Å². The van der Waals surface area contributed by atoms with Crippen molar-refractivity contribution in [3.63, 3.8) is 0 Å². The second kappa shape index (κ2) is 6.66. The van der Waals surface area contributed by atoms with Gasteiger partial charge in [-0.05, 0) is 30.5 Å². The minimum absolute atomic E-state index is 0.0885. The number of carbonyl (C=O) groups is 1. The number of nitrogens with zero attached hydrogens (tertiary/aromatic N) is 1. The molecular weight excluding hydrogens is 296 g/mol. The van der Waals surface area contributed by atoms with E-state index in [0.29, 0.717) is 0 Å². The van der Waals surface area contributed by atoms with E-state index in [1.807, 2.05) is 30.3 Å². The zero-order chi connectivity index (χ0) is 16.2. The predicted molar refractivity (Wildman–Crippen MR) is 85.4 cm³/mol. The number of anilines is 1. The molecule has 0 fully saturated rings. The smallest absolute Gasteiger partial charge is 0.412 e. The molecule has 120 valence electrons. The fraction of sp³-hybridized carbons (Fsp3) is 0.294. The van der Waals surface area contributed by atoms with Crippen molar-refractivity contribution in [1.29, 1.82) is 0 Å². The van der Waals surface area contributed by atoms with Crippen LogP contribution in [0, 0.1) is 0 Å². The summed E-state index contributed by atoms with van der Waals surface area (Å²) in [6.45, 7) is 0.0486. The van der Waals surface area contributed by atoms with E-state index in [9.17, 15) is 14.7 Å². The van der Waals surface area contributed by atoms with E-state index < -0.39 is 6.09 Å². The van der Waals surface area contributed by atoms with Crippen LogP contribution in [0.3, 0.4) is 0 Å². The molecule has 1 aliphatic rings. The highest BCUT2D eigenvalue weighted by molar-refractivity contribution is 5.84. The van der Waals surface area contributed by atoms with Crippen molar-refractivity contribution in [2.45, 2.75) is 25.5 Å². The van der Waals surface area contributed by atoms with Gasteiger partial charge in [0.05, 0.1) is 12.6 Å². The van der Waals surface area contributed by atoms with Gasteiger partial charge in [-0.15, -0.1) is 0 Å². The fourth-order valence-corrected chi connectivity index (χ4v) is 2.78. The molecule has 2 N–H and O–H groups in total. The molecule has 1 unspecified atom stereocenters. The second-order valence-corrected chi connectivity index (χ2v) is 5.48. The van der Waals surface area contributed by atoms with E-state index in [-0.39, 0.29) is 30.5 Å². The standard InChI is InChI=1S/C17H18N2O4/c20-10-14-7-6-13-8-9-15(16(21)19(13)14)18-17(22)23-11-12-4-2-1-3-5-12/h1-5,8-9,14,20H,6-7,10-11H2,(H,18,22). The molecular formula is C17H18N2O4. The van der Waals surface area contributed by atoms with Gasteiger partial charge in [-0.2, -0.15) is 0 Å². The highest BCUT2D eigenvalue weighted by atomic mass is 16.5. The Morgan fingerprint density at radius 2 is 2.04 bits per heavy atom. The van der Waals surface area contributed by atoms with Gasteiger partial charge < -0.3 is 14.4 Å². The van der Waals surface area contributed by atoms with Crippen LogP contribution in [0.4, 0.5) is 10.5 Å². The molecule has 2 heterocycles. The quantitative estimate of drug-likeness (QED) is 0.905. The van der Waals surface area contributed by atoms with Gasteiger partial charge in [0.1, 0.15) is 12.3 Å². The van der Waals surface area contributed by atoms with Gasteiger partial charge in [0.15, 0.2) is 0 Å². The lowest BCUT2D eigenvalue weighted by molar-refractivity contribution is 0.155. The zero-order valence-corrected chi connectivity index (χ0v) is 12.6. The average Bonchev–Trinajstić information content (AvgIpc) is 3.00. The Hall–Kier alpha value is -2.60. The number of fused-ring (bicyclic) bond motifs is 1. The van der Waals surface area contributed by atoms with Crippen molar-refractivity contribution < 1.29 is 14.6 Å². The number of aliphatic hydroxyl groups excluding tert-OH is 1. The SMILES string of the molecule is O=C(Nc1ccc2n(c1=O)C(CO)CC2)OCc1ccccc1. The van der Waals surface area contributed by atoms with Crippen LogP contribution in [0.5, 0.6) is 0 Å². The van der Waals surface area contributed by atoms with Crippen molar-refractivity contribution >= 4 is 11.8 Å². The molecule has 1 aliphatic heterocycles. The molecule has 1 amide bonds. The first-order chi connectivity index (χ1) is 11.2. The van der Waals surface area contributed by atoms with Crippen LogP contribution >= 0.6 is 0 Å². The molecule has 0 radical (unpaired) electrons. The van der Waals surface area contributed by atoms with Crippen LogP contribution in [-0.2, 0) is 17.8 Å². The molecule has 0 aliphatic carbocycles. The number of nitrogens with one attached hydrogen (secondary N) is 1. The number of aromatic nitrogens is 1. The maximum atomic E-state index is 12.4. The normalized spacial score (nSPS) is 16.0. The summed E-state index contributed by atoms with van der Waals surface area (Å²) >= 11 is 0. The summed E-state index contributed by atoms with van der Waals surface area (Å²) in [5.74, 6) is 0. The second-order valence-electron chi connectivity index (χ2n) is 5.48. The van der Waals surface area contributed by atoms with Crippen LogP contribution in [0.1, 0.15) is 23.7 Å². The number of aliphatic hydroxyl groups is 1. The largest absolute Gasteiger partial charge is 0.444 e. The van der Waals surface area contributed by atoms with Gasteiger partial charge in [0.2, 0.25) is 0 Å². The Morgan fingerprint density at radius 1 is 1.26 bits per heavy atom. The first-order valence-corrected chi connectivity index (χ1v) is 7.52. The van der Waals surface area contributed by atoms with Crippen LogP contribution in [0.15, 0.2) is 47.3 Å². The number of hydrogen-bond acceptors (Lipinski definition) is 4. The Labute approximate surface area is 133 Å². The van der Waals surface area contributed by atoms with Gasteiger partial charge in [0.25, 0.3) is 5.56 Å². The van der Waals surface area contributed by atoms with Crippen molar-refractivity contribution in [2.75, 3.05) is 11.9 Å². The molecule has 1 atom stereocenters. The van der Waals surface area contributed by atoms with E-state index in [2.05, 4.69) is 5.32 Å². The summed E-state index contributed by atoms with van der Waals surface area (Å²) < 4.78 is 6.66. The van der Waals surface area contributed by atoms with Crippen LogP contribution in [0.25, 0.3) is 0 Å². The number of pyridine rings is 1. The Morgan fingerprint density at radius 3 is 2.78 bits per heavy atom. The highest BCUT2D eigenvalue weighted by Gasteiger charge is 2.24. The minimum Gasteiger partial charge on any atom is -0.444 e. The van der Waals surface area contributed by atoms with Crippen molar-refractivity contribution in [1.82, 2.24) is 4.57 Å². The van der Waals surface area contributed by atoms with E-state index in [0.717, 1.165) is 24.1 Å². The number of hydrogen-bond donors (Lipinski definition) is 2. The predicted octanol–water partition coefficient (Wildman–Crippen LogP) is 2.08. The lowest BCUT2D eigenvalue weighted by atomic mass is 10.2. The molecule has 3 rings (SSSR count). The summed E-state index contributed by atoms with van der Waals surface area (Å²) in [6.07, 6.45) is 0.803. The summed E-state index contributed by atoms with van der Waals surface area (Å²) in [5, 5.41) is 11.8. The zero-order valence-electron chi connectivity index (χ0n) is 12.6. The number of aryl methyl sites for hydroxylation is 1. The maximum Gasteiger partial charge on any atom is 0.412 e. The molecule has 6 nitrogen and oxygen atoms in total. The molecule has 1 aromatic heterocycles. The number of amides is 1. The van der Waals surface area contributed by atoms with E-state index in [4.69, 9.17) is 4.74 Å². The molecule has 0 saturated carbocycles. The van der Waals surface area contributed by atoms with Crippen molar-refractivity contribution in [2.24, 2.45) is 0 Å². The van der Waals surface area contributed by atoms with Gasteiger partial charge in [-0.25, -0.2) is 4.79 Å². The molecule has 0 bridgehead atoms. The Bertz CT molecular complexity index is 755. The topological polar surface area (TPSA) is 80.6 Å². The third kappa shape index (κ3) is 3.27. The van der Waals surface area contributed by atoms with Crippen molar-refractivity contribution in [3.05, 3.63) is 64.1 Å². The number of rotatable bonds is 4. The van der Waals surface area contributed by atoms with Gasteiger partial charge in [-0.3, -0.25) is 10.1 Å². The average molecular weight is 314 g/mol. The summed E-state index contributed by atoms with van der Waals surface area (Å²) in [6, 6.07) is 12.5. The Kier molecular flexibility index (Phi) is 4.43. The minimum atomic E-state index is -0.676. The molecule has 2 aromatic rings. The van der Waals surface area contributed by atoms with Gasteiger partial charge >= 0.3 is 6.09 Å². The van der Waals surface area contributed by atoms with Crippen LogP contribution < -0.4 is 10.9 Å². The highest BCUT2D eigenvalue weighted by Crippen LogP contribution is 2.23. The summed E-state index contributed by atoms with van der Waals surface area (Å²) in [7, 11) is 0. The number of benzene rings is 1. The number of ether oxygens (including phenoxy) is 1.